The third-order valence-corrected chi connectivity index (χ3v) is 4.11. The van der Waals surface area contributed by atoms with Gasteiger partial charge >= 0.3 is 6.09 Å². The molecule has 0 spiro atoms. The van der Waals surface area contributed by atoms with Crippen molar-refractivity contribution in [3.05, 3.63) is 41.4 Å². The lowest BCUT2D eigenvalue weighted by Gasteiger charge is -2.34. The van der Waals surface area contributed by atoms with Gasteiger partial charge in [0.1, 0.15) is 5.60 Å². The normalized spacial score (nSPS) is 16.5. The largest absolute Gasteiger partial charge is 0.444 e. The lowest BCUT2D eigenvalue weighted by Crippen LogP contribution is -2.41. The number of benzene rings is 1. The van der Waals surface area contributed by atoms with Crippen molar-refractivity contribution in [1.82, 2.24) is 4.90 Å². The van der Waals surface area contributed by atoms with E-state index >= 15 is 0 Å². The zero-order chi connectivity index (χ0) is 16.3. The predicted molar refractivity (Wildman–Crippen MR) is 91.0 cm³/mol. The van der Waals surface area contributed by atoms with E-state index in [-0.39, 0.29) is 6.09 Å². The SMILES string of the molecule is C=C(c1ccc(Cl)cc1)C1CCN(C(=O)OC(C)(C)C)CC1. The number of halogens is 1. The molecular formula is C18H24ClNO2. The van der Waals surface area contributed by atoms with Crippen molar-refractivity contribution in [2.75, 3.05) is 13.1 Å². The Bertz CT molecular complexity index is 537. The van der Waals surface area contributed by atoms with Gasteiger partial charge in [-0.25, -0.2) is 4.79 Å². The first-order chi connectivity index (χ1) is 10.3. The first-order valence-electron chi connectivity index (χ1n) is 7.69. The van der Waals surface area contributed by atoms with Crippen LogP contribution < -0.4 is 0 Å². The fourth-order valence-electron chi connectivity index (χ4n) is 2.64. The summed E-state index contributed by atoms with van der Waals surface area (Å²) >= 11 is 5.92. The Hall–Kier alpha value is -1.48. The molecule has 0 aliphatic carbocycles. The number of hydrogen-bond donors (Lipinski definition) is 0. The number of ether oxygens (including phenoxy) is 1. The van der Waals surface area contributed by atoms with Crippen LogP contribution in [0.2, 0.25) is 5.02 Å². The summed E-state index contributed by atoms with van der Waals surface area (Å²) in [5.41, 5.74) is 1.81. The van der Waals surface area contributed by atoms with Gasteiger partial charge in [0.2, 0.25) is 0 Å². The van der Waals surface area contributed by atoms with E-state index in [4.69, 9.17) is 16.3 Å². The van der Waals surface area contributed by atoms with Gasteiger partial charge < -0.3 is 9.64 Å². The molecule has 1 saturated heterocycles. The van der Waals surface area contributed by atoms with E-state index in [1.165, 1.54) is 0 Å². The number of carbonyl (C=O) groups excluding carboxylic acids is 1. The highest BCUT2D eigenvalue weighted by atomic mass is 35.5. The summed E-state index contributed by atoms with van der Waals surface area (Å²) in [5.74, 6) is 0.403. The number of nitrogens with zero attached hydrogens (tertiary/aromatic N) is 1. The molecule has 0 saturated carbocycles. The number of carbonyl (C=O) groups is 1. The molecule has 0 atom stereocenters. The zero-order valence-electron chi connectivity index (χ0n) is 13.6. The Kier molecular flexibility index (Phi) is 5.17. The molecule has 2 rings (SSSR count). The highest BCUT2D eigenvalue weighted by Gasteiger charge is 2.28. The van der Waals surface area contributed by atoms with Crippen LogP contribution >= 0.6 is 11.6 Å². The highest BCUT2D eigenvalue weighted by molar-refractivity contribution is 6.30. The average Bonchev–Trinajstić information content (AvgIpc) is 2.46. The lowest BCUT2D eigenvalue weighted by atomic mass is 9.86. The number of piperidine rings is 1. The molecule has 1 aromatic rings. The summed E-state index contributed by atoms with van der Waals surface area (Å²) in [4.78, 5) is 13.9. The van der Waals surface area contributed by atoms with Gasteiger partial charge in [-0.3, -0.25) is 0 Å². The molecule has 1 amide bonds. The first kappa shape index (κ1) is 16.9. The molecule has 120 valence electrons. The minimum absolute atomic E-state index is 0.219. The number of allylic oxidation sites excluding steroid dienone is 1. The van der Waals surface area contributed by atoms with Crippen LogP contribution in [0.1, 0.15) is 39.2 Å². The van der Waals surface area contributed by atoms with Crippen LogP contribution in [-0.4, -0.2) is 29.7 Å². The van der Waals surface area contributed by atoms with Crippen molar-refractivity contribution in [2.24, 2.45) is 5.92 Å². The summed E-state index contributed by atoms with van der Waals surface area (Å²) in [6, 6.07) is 7.78. The predicted octanol–water partition coefficient (Wildman–Crippen LogP) is 5.00. The van der Waals surface area contributed by atoms with Crippen LogP contribution in [0.25, 0.3) is 5.57 Å². The van der Waals surface area contributed by atoms with Gasteiger partial charge in [0, 0.05) is 18.1 Å². The molecular weight excluding hydrogens is 298 g/mol. The smallest absolute Gasteiger partial charge is 0.410 e. The molecule has 1 aliphatic heterocycles. The second kappa shape index (κ2) is 6.74. The van der Waals surface area contributed by atoms with E-state index in [1.807, 2.05) is 45.0 Å². The standard InChI is InChI=1S/C18H24ClNO2/c1-13(14-5-7-16(19)8-6-14)15-9-11-20(12-10-15)17(21)22-18(2,3)4/h5-8,15H,1,9-12H2,2-4H3. The topological polar surface area (TPSA) is 29.5 Å². The Balaban J connectivity index is 1.90. The van der Waals surface area contributed by atoms with Crippen molar-refractivity contribution in [2.45, 2.75) is 39.2 Å². The molecule has 0 aromatic heterocycles. The van der Waals surface area contributed by atoms with Crippen molar-refractivity contribution < 1.29 is 9.53 Å². The molecule has 0 unspecified atom stereocenters. The van der Waals surface area contributed by atoms with Gasteiger partial charge in [-0.1, -0.05) is 30.3 Å². The van der Waals surface area contributed by atoms with Crippen molar-refractivity contribution >= 4 is 23.3 Å². The molecule has 22 heavy (non-hydrogen) atoms. The first-order valence-corrected chi connectivity index (χ1v) is 8.07. The quantitative estimate of drug-likeness (QED) is 0.767. The molecule has 0 radical (unpaired) electrons. The van der Waals surface area contributed by atoms with E-state index in [2.05, 4.69) is 6.58 Å². The number of rotatable bonds is 2. The summed E-state index contributed by atoms with van der Waals surface area (Å²) in [5, 5.41) is 0.733. The minimum Gasteiger partial charge on any atom is -0.444 e. The van der Waals surface area contributed by atoms with Gasteiger partial charge in [0.15, 0.2) is 0 Å². The van der Waals surface area contributed by atoms with Crippen molar-refractivity contribution in [1.29, 1.82) is 0 Å². The maximum absolute atomic E-state index is 12.1. The Morgan fingerprint density at radius 1 is 1.23 bits per heavy atom. The zero-order valence-corrected chi connectivity index (χ0v) is 14.3. The molecule has 4 heteroatoms. The van der Waals surface area contributed by atoms with Gasteiger partial charge in [-0.05, 0) is 62.8 Å². The van der Waals surface area contributed by atoms with Crippen LogP contribution in [0.4, 0.5) is 4.79 Å². The molecule has 0 bridgehead atoms. The van der Waals surface area contributed by atoms with Crippen LogP contribution in [0, 0.1) is 5.92 Å². The summed E-state index contributed by atoms with van der Waals surface area (Å²) in [6.07, 6.45) is 1.62. The average molecular weight is 322 g/mol. The van der Waals surface area contributed by atoms with Gasteiger partial charge in [-0.2, -0.15) is 0 Å². The third-order valence-electron chi connectivity index (χ3n) is 3.85. The molecule has 3 nitrogen and oxygen atoms in total. The van der Waals surface area contributed by atoms with Crippen LogP contribution in [0.5, 0.6) is 0 Å². The fourth-order valence-corrected chi connectivity index (χ4v) is 2.76. The number of likely N-dealkylation sites (tertiary alicyclic amines) is 1. The van der Waals surface area contributed by atoms with Gasteiger partial charge in [0.05, 0.1) is 0 Å². The Morgan fingerprint density at radius 2 is 1.77 bits per heavy atom. The molecule has 1 aliphatic rings. The van der Waals surface area contributed by atoms with Crippen LogP contribution in [0.15, 0.2) is 30.8 Å². The van der Waals surface area contributed by atoms with Gasteiger partial charge in [0.25, 0.3) is 0 Å². The number of amides is 1. The highest BCUT2D eigenvalue weighted by Crippen LogP contribution is 2.31. The maximum Gasteiger partial charge on any atom is 0.410 e. The molecule has 1 heterocycles. The second-order valence-electron chi connectivity index (χ2n) is 6.77. The minimum atomic E-state index is -0.444. The Morgan fingerprint density at radius 3 is 2.27 bits per heavy atom. The van der Waals surface area contributed by atoms with E-state index in [0.29, 0.717) is 19.0 Å². The van der Waals surface area contributed by atoms with Crippen molar-refractivity contribution in [3.8, 4) is 0 Å². The Labute approximate surface area is 137 Å². The summed E-state index contributed by atoms with van der Waals surface area (Å²) < 4.78 is 5.42. The monoisotopic (exact) mass is 321 g/mol. The van der Waals surface area contributed by atoms with E-state index in [9.17, 15) is 4.79 Å². The van der Waals surface area contributed by atoms with Gasteiger partial charge in [-0.15, -0.1) is 0 Å². The molecule has 1 aromatic carbocycles. The summed E-state index contributed by atoms with van der Waals surface area (Å²) in [6.45, 7) is 11.3. The third kappa shape index (κ3) is 4.51. The van der Waals surface area contributed by atoms with Crippen LogP contribution in [-0.2, 0) is 4.74 Å². The fraction of sp³-hybridized carbons (Fsp3) is 0.500. The number of hydrogen-bond acceptors (Lipinski definition) is 2. The van der Waals surface area contributed by atoms with E-state index in [1.54, 1.807) is 4.90 Å². The molecule has 1 fully saturated rings. The van der Waals surface area contributed by atoms with E-state index in [0.717, 1.165) is 29.0 Å². The summed E-state index contributed by atoms with van der Waals surface area (Å²) in [7, 11) is 0. The van der Waals surface area contributed by atoms with Crippen LogP contribution in [0.3, 0.4) is 0 Å². The second-order valence-corrected chi connectivity index (χ2v) is 7.21. The maximum atomic E-state index is 12.1. The molecule has 0 N–H and O–H groups in total. The van der Waals surface area contributed by atoms with E-state index < -0.39 is 5.60 Å². The van der Waals surface area contributed by atoms with Crippen molar-refractivity contribution in [3.63, 3.8) is 0 Å². The lowest BCUT2D eigenvalue weighted by molar-refractivity contribution is 0.0200.